The Morgan fingerprint density at radius 2 is 2.09 bits per heavy atom. The Bertz CT molecular complexity index is 1180. The van der Waals surface area contributed by atoms with Gasteiger partial charge in [-0.15, -0.1) is 0 Å². The van der Waals surface area contributed by atoms with Crippen molar-refractivity contribution in [3.8, 4) is 0 Å². The van der Waals surface area contributed by atoms with Gasteiger partial charge in [0.15, 0.2) is 11.5 Å². The molecule has 1 unspecified atom stereocenters. The fourth-order valence-corrected chi connectivity index (χ4v) is 4.71. The highest BCUT2D eigenvalue weighted by Crippen LogP contribution is 2.66. The number of carbonyl (C=O) groups is 2. The smallest absolute Gasteiger partial charge is 0.348 e. The molecule has 33 heavy (non-hydrogen) atoms. The van der Waals surface area contributed by atoms with Crippen molar-refractivity contribution in [2.75, 3.05) is 5.73 Å². The molecule has 11 nitrogen and oxygen atoms in total. The molecular formula is C21H24ClN5O6. The van der Waals surface area contributed by atoms with E-state index in [1.807, 2.05) is 13.8 Å². The molecule has 4 rings (SSSR count). The third-order valence-electron chi connectivity index (χ3n) is 6.89. The molecule has 0 spiro atoms. The number of carboxylic acid groups (broad SMARTS) is 2. The standard InChI is InChI=1S/C21H24ClN5O6/c1-5-10(6-2)7-21(17(28)29,18(30)31)33-13-12-20(13,4)9(3)16(32-12)27-8-24-11-14(23)25-19(22)26-15(11)27/h5-6,8-9,12-13,16H,1,7H2,2-4H3,(H,28,29)(H,30,31)(H2,23,25,26)/b10-6+/t9-,12-,13?,16-,20-/m1/s1. The van der Waals surface area contributed by atoms with Gasteiger partial charge in [-0.1, -0.05) is 32.6 Å². The van der Waals surface area contributed by atoms with E-state index in [2.05, 4.69) is 21.5 Å². The molecule has 2 aromatic rings. The van der Waals surface area contributed by atoms with Crippen molar-refractivity contribution in [2.24, 2.45) is 11.3 Å². The van der Waals surface area contributed by atoms with E-state index in [-0.39, 0.29) is 23.4 Å². The van der Waals surface area contributed by atoms with E-state index < -0.39 is 41.4 Å². The number of halogens is 1. The molecule has 1 aliphatic heterocycles. The monoisotopic (exact) mass is 477 g/mol. The number of carboxylic acids is 2. The molecule has 176 valence electrons. The van der Waals surface area contributed by atoms with Crippen LogP contribution in [0.4, 0.5) is 5.82 Å². The molecule has 1 saturated carbocycles. The van der Waals surface area contributed by atoms with Crippen molar-refractivity contribution in [2.45, 2.75) is 51.2 Å². The number of nitrogens with zero attached hydrogens (tertiary/aromatic N) is 4. The van der Waals surface area contributed by atoms with Gasteiger partial charge >= 0.3 is 11.9 Å². The number of hydrogen-bond acceptors (Lipinski definition) is 8. The Morgan fingerprint density at radius 1 is 1.42 bits per heavy atom. The highest BCUT2D eigenvalue weighted by molar-refractivity contribution is 6.28. The number of allylic oxidation sites excluding steroid dienone is 2. The van der Waals surface area contributed by atoms with Gasteiger partial charge in [-0.05, 0) is 24.1 Å². The lowest BCUT2D eigenvalue weighted by atomic mass is 9.90. The fourth-order valence-electron chi connectivity index (χ4n) is 4.54. The van der Waals surface area contributed by atoms with Crippen LogP contribution in [0.5, 0.6) is 0 Å². The van der Waals surface area contributed by atoms with Crippen molar-refractivity contribution < 1.29 is 29.3 Å². The number of anilines is 1. The molecule has 2 aromatic heterocycles. The maximum absolute atomic E-state index is 12.1. The van der Waals surface area contributed by atoms with Gasteiger partial charge in [0.25, 0.3) is 5.60 Å². The molecule has 4 N–H and O–H groups in total. The molecule has 1 saturated heterocycles. The van der Waals surface area contributed by atoms with Crippen molar-refractivity contribution >= 4 is 40.5 Å². The van der Waals surface area contributed by atoms with Gasteiger partial charge < -0.3 is 25.4 Å². The van der Waals surface area contributed by atoms with Crippen LogP contribution in [0.25, 0.3) is 11.2 Å². The van der Waals surface area contributed by atoms with Gasteiger partial charge in [0.05, 0.1) is 18.5 Å². The molecule has 12 heteroatoms. The average Bonchev–Trinajstić information content (AvgIpc) is 3.01. The third kappa shape index (κ3) is 3.30. The van der Waals surface area contributed by atoms with E-state index in [9.17, 15) is 19.8 Å². The molecular weight excluding hydrogens is 454 g/mol. The average molecular weight is 478 g/mol. The summed E-state index contributed by atoms with van der Waals surface area (Å²) in [5.74, 6) is -3.24. The normalized spacial score (nSPS) is 29.2. The van der Waals surface area contributed by atoms with Crippen LogP contribution >= 0.6 is 11.6 Å². The second-order valence-corrected chi connectivity index (χ2v) is 8.86. The summed E-state index contributed by atoms with van der Waals surface area (Å²) < 4.78 is 13.7. The molecule has 0 amide bonds. The van der Waals surface area contributed by atoms with Crippen LogP contribution in [0.2, 0.25) is 5.28 Å². The Labute approximate surface area is 193 Å². The summed E-state index contributed by atoms with van der Waals surface area (Å²) in [6.07, 6.45) is 2.39. The van der Waals surface area contributed by atoms with Gasteiger partial charge in [0.2, 0.25) is 5.28 Å². The van der Waals surface area contributed by atoms with Crippen LogP contribution in [0.15, 0.2) is 30.6 Å². The largest absolute Gasteiger partial charge is 0.479 e. The quantitative estimate of drug-likeness (QED) is 0.292. The molecule has 0 radical (unpaired) electrons. The number of aromatic nitrogens is 4. The fraction of sp³-hybridized carbons (Fsp3) is 0.476. The molecule has 2 aliphatic rings. The van der Waals surface area contributed by atoms with E-state index >= 15 is 0 Å². The third-order valence-corrected chi connectivity index (χ3v) is 7.06. The lowest BCUT2D eigenvalue weighted by Gasteiger charge is -2.30. The van der Waals surface area contributed by atoms with E-state index in [1.54, 1.807) is 17.6 Å². The van der Waals surface area contributed by atoms with Gasteiger partial charge in [0.1, 0.15) is 11.7 Å². The number of rotatable bonds is 8. The predicted octanol–water partition coefficient (Wildman–Crippen LogP) is 2.43. The molecule has 2 fully saturated rings. The van der Waals surface area contributed by atoms with E-state index in [0.29, 0.717) is 16.7 Å². The Balaban J connectivity index is 1.62. The number of ether oxygens (including phenoxy) is 2. The molecule has 3 heterocycles. The van der Waals surface area contributed by atoms with Crippen LogP contribution in [0.1, 0.15) is 33.4 Å². The maximum atomic E-state index is 12.1. The first-order valence-electron chi connectivity index (χ1n) is 10.2. The van der Waals surface area contributed by atoms with Gasteiger partial charge in [-0.2, -0.15) is 9.97 Å². The highest BCUT2D eigenvalue weighted by atomic mass is 35.5. The zero-order valence-electron chi connectivity index (χ0n) is 18.2. The first-order chi connectivity index (χ1) is 15.5. The molecule has 0 bridgehead atoms. The topological polar surface area (TPSA) is 163 Å². The van der Waals surface area contributed by atoms with Gasteiger partial charge in [-0.3, -0.25) is 4.57 Å². The minimum Gasteiger partial charge on any atom is -0.479 e. The number of nitrogens with two attached hydrogens (primary N) is 1. The van der Waals surface area contributed by atoms with Gasteiger partial charge in [-0.25, -0.2) is 14.6 Å². The van der Waals surface area contributed by atoms with Crippen molar-refractivity contribution in [3.63, 3.8) is 0 Å². The number of imidazole rings is 1. The maximum Gasteiger partial charge on any atom is 0.348 e. The second kappa shape index (κ2) is 7.79. The summed E-state index contributed by atoms with van der Waals surface area (Å²) in [4.78, 5) is 36.6. The number of aliphatic carboxylic acids is 2. The van der Waals surface area contributed by atoms with E-state index in [4.69, 9.17) is 26.8 Å². The summed E-state index contributed by atoms with van der Waals surface area (Å²) in [6.45, 7) is 9.08. The van der Waals surface area contributed by atoms with Crippen LogP contribution in [0, 0.1) is 11.3 Å². The Morgan fingerprint density at radius 3 is 2.61 bits per heavy atom. The zero-order chi connectivity index (χ0) is 24.3. The number of fused-ring (bicyclic) bond motifs is 2. The van der Waals surface area contributed by atoms with Crippen molar-refractivity contribution in [1.29, 1.82) is 0 Å². The number of hydrogen-bond donors (Lipinski definition) is 3. The summed E-state index contributed by atoms with van der Waals surface area (Å²) in [7, 11) is 0. The predicted molar refractivity (Wildman–Crippen MR) is 117 cm³/mol. The minimum atomic E-state index is -2.47. The van der Waals surface area contributed by atoms with Crippen molar-refractivity contribution in [1.82, 2.24) is 19.5 Å². The number of nitrogen functional groups attached to an aromatic ring is 1. The van der Waals surface area contributed by atoms with Crippen LogP contribution in [0.3, 0.4) is 0 Å². The zero-order valence-corrected chi connectivity index (χ0v) is 19.0. The van der Waals surface area contributed by atoms with E-state index in [0.717, 1.165) is 0 Å². The van der Waals surface area contributed by atoms with Crippen LogP contribution < -0.4 is 5.73 Å². The summed E-state index contributed by atoms with van der Waals surface area (Å²) >= 11 is 5.95. The summed E-state index contributed by atoms with van der Waals surface area (Å²) in [5.41, 5.74) is 4.01. The Hall–Kier alpha value is -3.02. The SMILES string of the molecule is C=C/C(=C\C)CC(OC1[C@H]2O[C@@H](n3cnc4c(N)nc(Cl)nc43)[C@@H](C)[C@@]12C)(C(=O)O)C(=O)O. The van der Waals surface area contributed by atoms with Gasteiger partial charge in [0, 0.05) is 17.8 Å². The minimum absolute atomic E-state index is 0.0281. The first kappa shape index (κ1) is 23.1. The van der Waals surface area contributed by atoms with Crippen molar-refractivity contribution in [3.05, 3.63) is 35.9 Å². The highest BCUT2D eigenvalue weighted by Gasteiger charge is 2.75. The molecule has 1 aliphatic carbocycles. The summed E-state index contributed by atoms with van der Waals surface area (Å²) in [6, 6.07) is 0. The summed E-state index contributed by atoms with van der Waals surface area (Å²) in [5, 5.41) is 19.6. The molecule has 0 aromatic carbocycles. The first-order valence-corrected chi connectivity index (χ1v) is 10.6. The lowest BCUT2D eigenvalue weighted by Crippen LogP contribution is -2.51. The Kier molecular flexibility index (Phi) is 5.46. The van der Waals surface area contributed by atoms with Crippen LogP contribution in [-0.4, -0.2) is 59.5 Å². The second-order valence-electron chi connectivity index (χ2n) is 8.52. The van der Waals surface area contributed by atoms with Crippen LogP contribution in [-0.2, 0) is 19.1 Å². The lowest BCUT2D eigenvalue weighted by molar-refractivity contribution is -0.191. The molecule has 5 atom stereocenters. The van der Waals surface area contributed by atoms with E-state index in [1.165, 1.54) is 12.4 Å².